The fraction of sp³-hybridized carbons (Fsp3) is 0.200. The third-order valence-electron chi connectivity index (χ3n) is 3.39. The predicted octanol–water partition coefficient (Wildman–Crippen LogP) is 3.88. The van der Waals surface area contributed by atoms with Crippen LogP contribution in [-0.2, 0) is 6.42 Å². The zero-order chi connectivity index (χ0) is 15.1. The summed E-state index contributed by atoms with van der Waals surface area (Å²) in [6.45, 7) is 0.484. The van der Waals surface area contributed by atoms with Crippen LogP contribution in [0, 0.1) is 17.5 Å². The molecule has 1 unspecified atom stereocenters. The average Bonchev–Trinajstić information content (AvgIpc) is 2.90. The van der Waals surface area contributed by atoms with Gasteiger partial charge in [-0.25, -0.2) is 13.2 Å². The minimum atomic E-state index is -1.55. The van der Waals surface area contributed by atoms with Crippen LogP contribution in [0.25, 0.3) is 0 Å². The topological polar surface area (TPSA) is 29.5 Å². The Morgan fingerprint density at radius 2 is 1.76 bits per heavy atom. The fourth-order valence-electron chi connectivity index (χ4n) is 2.41. The predicted molar refractivity (Wildman–Crippen MR) is 73.7 cm³/mol. The molecule has 0 aliphatic carbocycles. The fourth-order valence-corrected chi connectivity index (χ4v) is 2.94. The summed E-state index contributed by atoms with van der Waals surface area (Å²) in [7, 11) is 0. The first kappa shape index (κ1) is 14.4. The van der Waals surface area contributed by atoms with Crippen molar-refractivity contribution in [3.8, 4) is 5.75 Å². The average molecular weight is 359 g/mol. The largest absolute Gasteiger partial charge is 0.493 e. The summed E-state index contributed by atoms with van der Waals surface area (Å²) in [5.41, 5.74) is 1.23. The zero-order valence-corrected chi connectivity index (χ0v) is 12.3. The highest BCUT2D eigenvalue weighted by Gasteiger charge is 2.24. The van der Waals surface area contributed by atoms with E-state index >= 15 is 0 Å². The Hall–Kier alpha value is -1.53. The molecule has 1 N–H and O–H groups in total. The molecule has 0 spiro atoms. The van der Waals surface area contributed by atoms with Crippen molar-refractivity contribution < 1.29 is 23.0 Å². The van der Waals surface area contributed by atoms with E-state index in [4.69, 9.17) is 4.74 Å². The molecule has 6 heteroatoms. The Labute approximate surface area is 127 Å². The monoisotopic (exact) mass is 358 g/mol. The molecule has 0 aromatic heterocycles. The number of hydrogen-bond donors (Lipinski definition) is 1. The van der Waals surface area contributed by atoms with Crippen molar-refractivity contribution in [2.75, 3.05) is 6.61 Å². The molecule has 3 rings (SSSR count). The van der Waals surface area contributed by atoms with Gasteiger partial charge < -0.3 is 9.84 Å². The van der Waals surface area contributed by atoms with Crippen LogP contribution in [-0.4, -0.2) is 11.7 Å². The first-order chi connectivity index (χ1) is 9.97. The second-order valence-corrected chi connectivity index (χ2v) is 5.70. The highest BCUT2D eigenvalue weighted by atomic mass is 79.9. The number of aliphatic hydroxyl groups excluding tert-OH is 1. The van der Waals surface area contributed by atoms with Crippen LogP contribution in [0.1, 0.15) is 22.8 Å². The maximum atomic E-state index is 13.3. The van der Waals surface area contributed by atoms with E-state index in [1.165, 1.54) is 0 Å². The Balaban J connectivity index is 2.09. The Kier molecular flexibility index (Phi) is 3.67. The summed E-state index contributed by atoms with van der Waals surface area (Å²) in [6, 6.07) is 5.05. The van der Waals surface area contributed by atoms with Gasteiger partial charge in [0.25, 0.3) is 0 Å². The van der Waals surface area contributed by atoms with Gasteiger partial charge in [-0.1, -0.05) is 15.9 Å². The lowest BCUT2D eigenvalue weighted by Crippen LogP contribution is -2.05. The molecule has 110 valence electrons. The van der Waals surface area contributed by atoms with E-state index in [0.717, 1.165) is 22.2 Å². The Morgan fingerprint density at radius 3 is 2.43 bits per heavy atom. The van der Waals surface area contributed by atoms with Gasteiger partial charge in [0.15, 0.2) is 17.5 Å². The van der Waals surface area contributed by atoms with Gasteiger partial charge >= 0.3 is 0 Å². The van der Waals surface area contributed by atoms with Crippen molar-refractivity contribution in [3.63, 3.8) is 0 Å². The van der Waals surface area contributed by atoms with E-state index < -0.39 is 23.6 Å². The van der Waals surface area contributed by atoms with E-state index in [-0.39, 0.29) is 5.56 Å². The van der Waals surface area contributed by atoms with E-state index in [0.29, 0.717) is 24.3 Å². The number of benzene rings is 2. The van der Waals surface area contributed by atoms with Crippen molar-refractivity contribution >= 4 is 15.9 Å². The first-order valence-corrected chi connectivity index (χ1v) is 7.04. The van der Waals surface area contributed by atoms with Crippen LogP contribution in [0.2, 0.25) is 0 Å². The lowest BCUT2D eigenvalue weighted by atomic mass is 9.98. The van der Waals surface area contributed by atoms with Gasteiger partial charge in [-0.3, -0.25) is 0 Å². The van der Waals surface area contributed by atoms with Gasteiger partial charge in [0.2, 0.25) is 0 Å². The van der Waals surface area contributed by atoms with E-state index in [1.54, 1.807) is 6.07 Å². The summed E-state index contributed by atoms with van der Waals surface area (Å²) in [5.74, 6) is -3.72. The number of halogens is 4. The molecule has 0 saturated carbocycles. The summed E-state index contributed by atoms with van der Waals surface area (Å²) in [4.78, 5) is 0. The molecular weight excluding hydrogens is 349 g/mol. The lowest BCUT2D eigenvalue weighted by Gasteiger charge is -2.16. The standard InChI is InChI=1S/C15H10BrF3O2/c16-9-3-7-1-2-21-15(7)10(6-9)14(20)8-4-11(17)13(19)12(18)5-8/h3-6,14,20H,1-2H2. The molecule has 1 atom stereocenters. The number of rotatable bonds is 2. The lowest BCUT2D eigenvalue weighted by molar-refractivity contribution is 0.212. The number of hydrogen-bond acceptors (Lipinski definition) is 2. The number of fused-ring (bicyclic) bond motifs is 1. The number of ether oxygens (including phenoxy) is 1. The molecule has 21 heavy (non-hydrogen) atoms. The SMILES string of the molecule is OC(c1cc(F)c(F)c(F)c1)c1cc(Br)cc2c1OCC2. The normalized spacial score (nSPS) is 14.7. The minimum absolute atomic E-state index is 0.0674. The third-order valence-corrected chi connectivity index (χ3v) is 3.85. The molecule has 1 heterocycles. The third kappa shape index (κ3) is 2.53. The van der Waals surface area contributed by atoms with Crippen molar-refractivity contribution in [3.05, 3.63) is 62.9 Å². The van der Waals surface area contributed by atoms with Gasteiger partial charge in [0.05, 0.1) is 6.61 Å². The second kappa shape index (κ2) is 5.35. The Morgan fingerprint density at radius 1 is 1.10 bits per heavy atom. The van der Waals surface area contributed by atoms with Crippen LogP contribution < -0.4 is 4.74 Å². The molecule has 0 bridgehead atoms. The van der Waals surface area contributed by atoms with E-state index in [1.807, 2.05) is 6.07 Å². The van der Waals surface area contributed by atoms with Crippen LogP contribution >= 0.6 is 15.9 Å². The van der Waals surface area contributed by atoms with Crippen LogP contribution in [0.15, 0.2) is 28.7 Å². The molecule has 2 nitrogen and oxygen atoms in total. The summed E-state index contributed by atoms with van der Waals surface area (Å²) < 4.78 is 45.8. The minimum Gasteiger partial charge on any atom is -0.493 e. The van der Waals surface area contributed by atoms with Crippen LogP contribution in [0.5, 0.6) is 5.75 Å². The summed E-state index contributed by atoms with van der Waals surface area (Å²) >= 11 is 3.32. The number of aliphatic hydroxyl groups is 1. The molecule has 0 fully saturated rings. The van der Waals surface area contributed by atoms with Crippen molar-refractivity contribution in [2.24, 2.45) is 0 Å². The molecule has 0 amide bonds. The van der Waals surface area contributed by atoms with Crippen molar-refractivity contribution in [1.29, 1.82) is 0 Å². The van der Waals surface area contributed by atoms with E-state index in [2.05, 4.69) is 15.9 Å². The highest BCUT2D eigenvalue weighted by molar-refractivity contribution is 9.10. The van der Waals surface area contributed by atoms with Gasteiger partial charge in [0.1, 0.15) is 11.9 Å². The summed E-state index contributed by atoms with van der Waals surface area (Å²) in [6.07, 6.45) is -0.611. The van der Waals surface area contributed by atoms with Gasteiger partial charge in [-0.2, -0.15) is 0 Å². The molecule has 0 radical (unpaired) electrons. The molecule has 1 aliphatic rings. The zero-order valence-electron chi connectivity index (χ0n) is 10.7. The van der Waals surface area contributed by atoms with E-state index in [9.17, 15) is 18.3 Å². The highest BCUT2D eigenvalue weighted by Crippen LogP contribution is 2.39. The molecule has 0 saturated heterocycles. The van der Waals surface area contributed by atoms with Crippen LogP contribution in [0.3, 0.4) is 0 Å². The van der Waals surface area contributed by atoms with Crippen molar-refractivity contribution in [1.82, 2.24) is 0 Å². The quantitative estimate of drug-likeness (QED) is 0.825. The van der Waals surface area contributed by atoms with Crippen molar-refractivity contribution in [2.45, 2.75) is 12.5 Å². The van der Waals surface area contributed by atoms with Crippen LogP contribution in [0.4, 0.5) is 13.2 Å². The molecule has 2 aromatic carbocycles. The maximum Gasteiger partial charge on any atom is 0.194 e. The molecule has 2 aromatic rings. The maximum absolute atomic E-state index is 13.3. The smallest absolute Gasteiger partial charge is 0.194 e. The Bertz CT molecular complexity index is 695. The van der Waals surface area contributed by atoms with Gasteiger partial charge in [-0.15, -0.1) is 0 Å². The first-order valence-electron chi connectivity index (χ1n) is 6.25. The second-order valence-electron chi connectivity index (χ2n) is 4.78. The summed E-state index contributed by atoms with van der Waals surface area (Å²) in [5, 5.41) is 10.4. The van der Waals surface area contributed by atoms with Gasteiger partial charge in [0, 0.05) is 16.5 Å². The molecular formula is C15H10BrF3O2. The molecule has 1 aliphatic heterocycles. The van der Waals surface area contributed by atoms with Gasteiger partial charge in [-0.05, 0) is 35.4 Å².